The fourth-order valence-electron chi connectivity index (χ4n) is 3.87. The minimum Gasteiger partial charge on any atom is -0.508 e. The molecule has 1 aliphatic rings. The first-order chi connectivity index (χ1) is 16.4. The van der Waals surface area contributed by atoms with E-state index in [1.807, 2.05) is 0 Å². The van der Waals surface area contributed by atoms with E-state index < -0.39 is 81.0 Å². The lowest BCUT2D eigenvalue weighted by atomic mass is 9.89. The molecule has 13 nitrogen and oxygen atoms in total. The van der Waals surface area contributed by atoms with Crippen molar-refractivity contribution in [1.82, 2.24) is 0 Å². The average Bonchev–Trinajstić information content (AvgIpc) is 2.77. The molecule has 0 radical (unpaired) electrons. The summed E-state index contributed by atoms with van der Waals surface area (Å²) in [5, 5.41) is 59.9. The Labute approximate surface area is 196 Å². The molecule has 1 fully saturated rings. The molecule has 2 unspecified atom stereocenters. The van der Waals surface area contributed by atoms with Gasteiger partial charge in [-0.2, -0.15) is 8.42 Å². The van der Waals surface area contributed by atoms with Gasteiger partial charge in [0, 0.05) is 17.7 Å². The first kappa shape index (κ1) is 24.9. The van der Waals surface area contributed by atoms with Crippen LogP contribution < -0.4 is 9.61 Å². The minimum atomic E-state index is -5.22. The molecule has 4 rings (SSSR count). The zero-order valence-corrected chi connectivity index (χ0v) is 18.4. The molecule has 5 atom stereocenters. The number of benzene rings is 2. The fourth-order valence-corrected chi connectivity index (χ4v) is 4.24. The molecule has 35 heavy (non-hydrogen) atoms. The third-order valence-corrected chi connectivity index (χ3v) is 5.90. The summed E-state index contributed by atoms with van der Waals surface area (Å²) < 4.78 is 48.0. The zero-order chi connectivity index (χ0) is 25.7. The SMILES string of the molecule is O=c1cc(-c2ccc(O)cc2)oc2c([C@@H]3OC(CO)[C@@H](O)[C@H](O)C3O)c(OS(=O)(=O)O)cc(O)c12. The highest BCUT2D eigenvalue weighted by molar-refractivity contribution is 7.81. The summed E-state index contributed by atoms with van der Waals surface area (Å²) in [5.41, 5.74) is -1.59. The third-order valence-electron chi connectivity index (χ3n) is 5.51. The van der Waals surface area contributed by atoms with Gasteiger partial charge >= 0.3 is 10.4 Å². The molecule has 1 saturated heterocycles. The van der Waals surface area contributed by atoms with Gasteiger partial charge in [0.05, 0.1) is 12.2 Å². The molecule has 0 spiro atoms. The van der Waals surface area contributed by atoms with E-state index in [1.165, 1.54) is 24.3 Å². The van der Waals surface area contributed by atoms with Crippen molar-refractivity contribution >= 4 is 21.4 Å². The lowest BCUT2D eigenvalue weighted by Gasteiger charge is -2.40. The standard InChI is InChI=1S/C21H20O13S/c22-7-14-17(26)18(27)19(28)21(33-14)16-13(34-35(29,30)31)6-11(25)15-10(24)5-12(32-20(15)16)8-1-3-9(23)4-2-8/h1-6,14,17-19,21-23,25-28H,7H2,(H,29,30,31)/t14?,17-,18+,19?,21+/m1/s1. The molecule has 3 aromatic rings. The number of rotatable bonds is 5. The van der Waals surface area contributed by atoms with Gasteiger partial charge < -0.3 is 44.0 Å². The summed E-state index contributed by atoms with van der Waals surface area (Å²) in [6.45, 7) is -0.825. The van der Waals surface area contributed by atoms with Crippen LogP contribution in [0.2, 0.25) is 0 Å². The van der Waals surface area contributed by atoms with E-state index in [-0.39, 0.29) is 17.1 Å². The number of hydrogen-bond donors (Lipinski definition) is 7. The van der Waals surface area contributed by atoms with Gasteiger partial charge in [0.1, 0.15) is 53.2 Å². The number of phenols is 2. The first-order valence-electron chi connectivity index (χ1n) is 10.0. The van der Waals surface area contributed by atoms with E-state index in [1.54, 1.807) is 0 Å². The van der Waals surface area contributed by atoms with Crippen LogP contribution in [-0.4, -0.2) is 74.6 Å². The van der Waals surface area contributed by atoms with Gasteiger partial charge in [-0.05, 0) is 24.3 Å². The van der Waals surface area contributed by atoms with Crippen LogP contribution in [0.5, 0.6) is 17.2 Å². The maximum absolute atomic E-state index is 12.9. The lowest BCUT2D eigenvalue weighted by Crippen LogP contribution is -2.55. The van der Waals surface area contributed by atoms with Crippen molar-refractivity contribution in [2.24, 2.45) is 0 Å². The smallest absolute Gasteiger partial charge is 0.446 e. The van der Waals surface area contributed by atoms with E-state index >= 15 is 0 Å². The maximum Gasteiger partial charge on any atom is 0.446 e. The van der Waals surface area contributed by atoms with Crippen molar-refractivity contribution in [2.75, 3.05) is 6.61 Å². The molecule has 0 saturated carbocycles. The van der Waals surface area contributed by atoms with Crippen LogP contribution in [0.15, 0.2) is 45.6 Å². The Morgan fingerprint density at radius 1 is 0.971 bits per heavy atom. The van der Waals surface area contributed by atoms with Crippen LogP contribution >= 0.6 is 0 Å². The lowest BCUT2D eigenvalue weighted by molar-refractivity contribution is -0.231. The molecule has 2 aromatic carbocycles. The van der Waals surface area contributed by atoms with E-state index in [4.69, 9.17) is 9.15 Å². The second-order valence-electron chi connectivity index (χ2n) is 7.79. The van der Waals surface area contributed by atoms with Gasteiger partial charge in [-0.15, -0.1) is 0 Å². The molecule has 14 heteroatoms. The van der Waals surface area contributed by atoms with Crippen molar-refractivity contribution in [2.45, 2.75) is 30.5 Å². The number of aromatic hydroxyl groups is 2. The van der Waals surface area contributed by atoms with E-state index in [0.717, 1.165) is 6.07 Å². The van der Waals surface area contributed by atoms with Crippen LogP contribution in [0, 0.1) is 0 Å². The largest absolute Gasteiger partial charge is 0.508 e. The van der Waals surface area contributed by atoms with Crippen LogP contribution in [0.3, 0.4) is 0 Å². The van der Waals surface area contributed by atoms with Crippen molar-refractivity contribution in [3.8, 4) is 28.6 Å². The quantitative estimate of drug-likeness (QED) is 0.216. The molecule has 0 bridgehead atoms. The summed E-state index contributed by atoms with van der Waals surface area (Å²) in [5.74, 6) is -1.83. The van der Waals surface area contributed by atoms with Crippen molar-refractivity contribution in [3.63, 3.8) is 0 Å². The number of aliphatic hydroxyl groups is 4. The highest BCUT2D eigenvalue weighted by Gasteiger charge is 2.46. The van der Waals surface area contributed by atoms with Crippen molar-refractivity contribution < 1.29 is 56.9 Å². The Morgan fingerprint density at radius 3 is 2.23 bits per heavy atom. The molecule has 2 heterocycles. The Kier molecular flexibility index (Phi) is 6.46. The Balaban J connectivity index is 2.05. The van der Waals surface area contributed by atoms with E-state index in [2.05, 4.69) is 4.18 Å². The van der Waals surface area contributed by atoms with Gasteiger partial charge in [-0.1, -0.05) is 0 Å². The van der Waals surface area contributed by atoms with Gasteiger partial charge in [0.25, 0.3) is 0 Å². The second kappa shape index (κ2) is 9.09. The Hall–Kier alpha value is -3.24. The monoisotopic (exact) mass is 512 g/mol. The van der Waals surface area contributed by atoms with Crippen molar-refractivity contribution in [1.29, 1.82) is 0 Å². The molecule has 188 valence electrons. The molecular formula is C21H20O13S. The number of ether oxygens (including phenoxy) is 1. The van der Waals surface area contributed by atoms with E-state index in [0.29, 0.717) is 6.07 Å². The molecule has 1 aromatic heterocycles. The minimum absolute atomic E-state index is 0.0830. The fraction of sp³-hybridized carbons (Fsp3) is 0.286. The molecule has 0 aliphatic carbocycles. The second-order valence-corrected chi connectivity index (χ2v) is 8.82. The molecule has 1 aliphatic heterocycles. The first-order valence-corrected chi connectivity index (χ1v) is 11.4. The van der Waals surface area contributed by atoms with Gasteiger partial charge in [-0.3, -0.25) is 9.35 Å². The maximum atomic E-state index is 12.9. The summed E-state index contributed by atoms with van der Waals surface area (Å²) in [6, 6.07) is 7.05. The number of fused-ring (bicyclic) bond motifs is 1. The molecule has 0 amide bonds. The summed E-state index contributed by atoms with van der Waals surface area (Å²) >= 11 is 0. The van der Waals surface area contributed by atoms with Gasteiger partial charge in [0.15, 0.2) is 16.8 Å². The van der Waals surface area contributed by atoms with Crippen LogP contribution in [0.4, 0.5) is 0 Å². The van der Waals surface area contributed by atoms with Crippen LogP contribution in [-0.2, 0) is 15.1 Å². The van der Waals surface area contributed by atoms with Crippen LogP contribution in [0.25, 0.3) is 22.3 Å². The number of phenolic OH excluding ortho intramolecular Hbond substituents is 2. The van der Waals surface area contributed by atoms with Crippen LogP contribution in [0.1, 0.15) is 11.7 Å². The normalized spacial score (nSPS) is 25.0. The third kappa shape index (κ3) is 4.68. The predicted octanol–water partition coefficient (Wildman–Crippen LogP) is -0.432. The Morgan fingerprint density at radius 2 is 1.63 bits per heavy atom. The molecule has 7 N–H and O–H groups in total. The highest BCUT2D eigenvalue weighted by Crippen LogP contribution is 2.44. The number of aliphatic hydroxyl groups excluding tert-OH is 4. The summed E-state index contributed by atoms with van der Waals surface area (Å²) in [4.78, 5) is 12.9. The zero-order valence-electron chi connectivity index (χ0n) is 17.5. The van der Waals surface area contributed by atoms with E-state index in [9.17, 15) is 48.4 Å². The van der Waals surface area contributed by atoms with Crippen molar-refractivity contribution in [3.05, 3.63) is 52.2 Å². The van der Waals surface area contributed by atoms with Gasteiger partial charge in [-0.25, -0.2) is 0 Å². The van der Waals surface area contributed by atoms with Gasteiger partial charge in [0.2, 0.25) is 0 Å². The molecular weight excluding hydrogens is 492 g/mol. The number of hydrogen-bond acceptors (Lipinski definition) is 12. The summed E-state index contributed by atoms with van der Waals surface area (Å²) in [6.07, 6.45) is -8.84. The predicted molar refractivity (Wildman–Crippen MR) is 116 cm³/mol. The Bertz CT molecular complexity index is 1410. The topological polar surface area (TPSA) is 224 Å². The highest BCUT2D eigenvalue weighted by atomic mass is 32.3. The summed E-state index contributed by atoms with van der Waals surface area (Å²) in [7, 11) is -5.22. The average molecular weight is 512 g/mol.